The third kappa shape index (κ3) is 2.36. The van der Waals surface area contributed by atoms with Crippen LogP contribution in [0.4, 0.5) is 0 Å². The van der Waals surface area contributed by atoms with Crippen LogP contribution in [0.2, 0.25) is 5.82 Å². The van der Waals surface area contributed by atoms with E-state index in [1.54, 1.807) is 6.42 Å². The van der Waals surface area contributed by atoms with Gasteiger partial charge in [0.2, 0.25) is 0 Å². The van der Waals surface area contributed by atoms with Crippen LogP contribution in [-0.4, -0.2) is 18.8 Å². The van der Waals surface area contributed by atoms with Crippen molar-refractivity contribution in [3.63, 3.8) is 0 Å². The smallest absolute Gasteiger partial charge is 0.406 e. The summed E-state index contributed by atoms with van der Waals surface area (Å²) in [6.45, 7) is 6.61. The van der Waals surface area contributed by atoms with Crippen LogP contribution in [0.25, 0.3) is 0 Å². The van der Waals surface area contributed by atoms with Crippen LogP contribution in [0.5, 0.6) is 0 Å². The molecule has 2 nitrogen and oxygen atoms in total. The van der Waals surface area contributed by atoms with Crippen LogP contribution >= 0.6 is 0 Å². The molecule has 0 aromatic carbocycles. The molecule has 1 aliphatic heterocycles. The highest BCUT2D eigenvalue weighted by molar-refractivity contribution is 6.47. The van der Waals surface area contributed by atoms with Gasteiger partial charge in [-0.25, -0.2) is 0 Å². The second-order valence-electron chi connectivity index (χ2n) is 10.3. The summed E-state index contributed by atoms with van der Waals surface area (Å²) in [5.74, 6) is 6.77. The van der Waals surface area contributed by atoms with Crippen LogP contribution in [0.1, 0.15) is 78.6 Å². The Kier molecular flexibility index (Phi) is 3.87. The van der Waals surface area contributed by atoms with E-state index in [1.165, 1.54) is 51.4 Å². The van der Waals surface area contributed by atoms with Crippen molar-refractivity contribution in [3.05, 3.63) is 0 Å². The van der Waals surface area contributed by atoms with Crippen molar-refractivity contribution < 1.29 is 9.31 Å². The summed E-state index contributed by atoms with van der Waals surface area (Å²) in [7, 11) is 0.0708. The highest BCUT2D eigenvalue weighted by Crippen LogP contribution is 2.63. The van der Waals surface area contributed by atoms with Crippen molar-refractivity contribution in [1.82, 2.24) is 0 Å². The fourth-order valence-electron chi connectivity index (χ4n) is 7.65. The molecule has 4 saturated carbocycles. The van der Waals surface area contributed by atoms with Crippen molar-refractivity contribution in [3.8, 4) is 0 Å². The number of hydrogen-bond acceptors (Lipinski definition) is 2. The summed E-state index contributed by atoms with van der Waals surface area (Å²) >= 11 is 0. The molecular formula is C21H35BO2. The van der Waals surface area contributed by atoms with Gasteiger partial charge in [-0.05, 0) is 81.4 Å². The van der Waals surface area contributed by atoms with Crippen molar-refractivity contribution in [1.29, 1.82) is 0 Å². The lowest BCUT2D eigenvalue weighted by atomic mass is 9.42. The number of hydrogen-bond donors (Lipinski definition) is 0. The predicted octanol–water partition coefficient (Wildman–Crippen LogP) is 5.32. The molecule has 5 aliphatic rings. The normalized spacial score (nSPS) is 52.9. The maximum atomic E-state index is 6.44. The van der Waals surface area contributed by atoms with Gasteiger partial charge in [0.05, 0.1) is 11.7 Å². The Morgan fingerprint density at radius 1 is 0.792 bits per heavy atom. The van der Waals surface area contributed by atoms with Gasteiger partial charge in [-0.15, -0.1) is 0 Å². The Morgan fingerprint density at radius 3 is 2.08 bits per heavy atom. The van der Waals surface area contributed by atoms with Gasteiger partial charge in [0.15, 0.2) is 0 Å². The van der Waals surface area contributed by atoms with Gasteiger partial charge in [0.1, 0.15) is 0 Å². The van der Waals surface area contributed by atoms with Crippen LogP contribution in [0.3, 0.4) is 0 Å². The van der Waals surface area contributed by atoms with E-state index >= 15 is 0 Å². The van der Waals surface area contributed by atoms with E-state index in [0.29, 0.717) is 5.82 Å². The lowest BCUT2D eigenvalue weighted by Crippen LogP contribution is -2.52. The molecule has 0 spiro atoms. The molecule has 8 unspecified atom stereocenters. The largest absolute Gasteiger partial charge is 0.461 e. The zero-order valence-corrected chi connectivity index (χ0v) is 15.9. The fourth-order valence-corrected chi connectivity index (χ4v) is 7.65. The molecule has 1 heterocycles. The zero-order chi connectivity index (χ0) is 16.5. The van der Waals surface area contributed by atoms with E-state index in [4.69, 9.17) is 9.31 Å². The van der Waals surface area contributed by atoms with Gasteiger partial charge in [0.25, 0.3) is 0 Å². The molecule has 1 saturated heterocycles. The highest BCUT2D eigenvalue weighted by Gasteiger charge is 2.58. The summed E-state index contributed by atoms with van der Waals surface area (Å²) in [5.41, 5.74) is -0.112. The van der Waals surface area contributed by atoms with Gasteiger partial charge in [0, 0.05) is 0 Å². The predicted molar refractivity (Wildman–Crippen MR) is 97.7 cm³/mol. The standard InChI is InChI=1S/C21H35BO2/c1-13-21(2,3)24-22(23-13)18-12-10-16-8-7-14-5-4-6-15-9-11-17(18)20(16)19(14)15/h13-20H,4-12H2,1-3H3. The molecule has 0 aromatic rings. The van der Waals surface area contributed by atoms with Crippen LogP contribution < -0.4 is 0 Å². The minimum Gasteiger partial charge on any atom is -0.406 e. The molecule has 0 aromatic heterocycles. The van der Waals surface area contributed by atoms with Crippen LogP contribution in [-0.2, 0) is 9.31 Å². The van der Waals surface area contributed by atoms with Crippen LogP contribution in [0, 0.1) is 35.5 Å². The maximum Gasteiger partial charge on any atom is 0.461 e. The highest BCUT2D eigenvalue weighted by atomic mass is 16.7. The third-order valence-electron chi connectivity index (χ3n) is 9.01. The summed E-state index contributed by atoms with van der Waals surface area (Å²) < 4.78 is 12.8. The maximum absolute atomic E-state index is 6.44. The summed E-state index contributed by atoms with van der Waals surface area (Å²) in [4.78, 5) is 0. The topological polar surface area (TPSA) is 18.5 Å². The second-order valence-corrected chi connectivity index (χ2v) is 10.3. The molecule has 3 heteroatoms. The summed E-state index contributed by atoms with van der Waals surface area (Å²) in [5, 5.41) is 0. The Morgan fingerprint density at radius 2 is 1.42 bits per heavy atom. The number of rotatable bonds is 1. The first-order valence-electron chi connectivity index (χ1n) is 10.9. The summed E-state index contributed by atoms with van der Waals surface area (Å²) in [6, 6.07) is 0. The Bertz CT molecular complexity index is 486. The van der Waals surface area contributed by atoms with Gasteiger partial charge < -0.3 is 9.31 Å². The molecule has 24 heavy (non-hydrogen) atoms. The van der Waals surface area contributed by atoms with Crippen molar-refractivity contribution in [2.24, 2.45) is 35.5 Å². The third-order valence-corrected chi connectivity index (χ3v) is 9.01. The average molecular weight is 330 g/mol. The van der Waals surface area contributed by atoms with Gasteiger partial charge in [-0.3, -0.25) is 0 Å². The molecule has 8 atom stereocenters. The summed E-state index contributed by atoms with van der Waals surface area (Å²) in [6.07, 6.45) is 13.6. The lowest BCUT2D eigenvalue weighted by molar-refractivity contribution is -0.0790. The van der Waals surface area contributed by atoms with E-state index in [2.05, 4.69) is 20.8 Å². The lowest BCUT2D eigenvalue weighted by Gasteiger charge is -2.59. The van der Waals surface area contributed by atoms with Gasteiger partial charge in [-0.2, -0.15) is 0 Å². The average Bonchev–Trinajstić information content (AvgIpc) is 2.85. The molecule has 5 fully saturated rings. The van der Waals surface area contributed by atoms with Crippen molar-refractivity contribution in [2.45, 2.75) is 96.1 Å². The minimum absolute atomic E-state index is 0.0708. The van der Waals surface area contributed by atoms with Gasteiger partial charge >= 0.3 is 7.12 Å². The molecule has 0 bridgehead atoms. The van der Waals surface area contributed by atoms with Gasteiger partial charge in [-0.1, -0.05) is 38.5 Å². The first-order chi connectivity index (χ1) is 11.5. The van der Waals surface area contributed by atoms with Crippen molar-refractivity contribution in [2.75, 3.05) is 0 Å². The Balaban J connectivity index is 1.41. The quantitative estimate of drug-likeness (QED) is 0.606. The first-order valence-corrected chi connectivity index (χ1v) is 10.9. The molecular weight excluding hydrogens is 295 g/mol. The fraction of sp³-hybridized carbons (Fsp3) is 1.00. The second kappa shape index (κ2) is 5.74. The molecule has 134 valence electrons. The van der Waals surface area contributed by atoms with Crippen LogP contribution in [0.15, 0.2) is 0 Å². The van der Waals surface area contributed by atoms with E-state index in [0.717, 1.165) is 35.5 Å². The molecule has 5 rings (SSSR count). The van der Waals surface area contributed by atoms with E-state index in [-0.39, 0.29) is 18.8 Å². The molecule has 0 radical (unpaired) electrons. The van der Waals surface area contributed by atoms with E-state index in [9.17, 15) is 0 Å². The van der Waals surface area contributed by atoms with Crippen molar-refractivity contribution >= 4 is 7.12 Å². The Labute approximate surface area is 148 Å². The monoisotopic (exact) mass is 330 g/mol. The zero-order valence-electron chi connectivity index (χ0n) is 15.9. The SMILES string of the molecule is CC1OB(C2CCC3CCC4CCCC5CCC2C3C45)OC1(C)C. The first kappa shape index (κ1) is 16.2. The Hall–Kier alpha value is -0.0151. The molecule has 0 amide bonds. The molecule has 4 aliphatic carbocycles. The van der Waals surface area contributed by atoms with E-state index < -0.39 is 0 Å². The molecule has 0 N–H and O–H groups in total. The van der Waals surface area contributed by atoms with E-state index in [1.807, 2.05) is 0 Å². The minimum atomic E-state index is -0.112.